The molecular formula is C13H14N+. The highest BCUT2D eigenvalue weighted by atomic mass is 14.6. The van der Waals surface area contributed by atoms with Crippen molar-refractivity contribution in [2.24, 2.45) is 0 Å². The number of benzene rings is 1. The molecule has 1 aromatic heterocycles. The first kappa shape index (κ1) is 9.07. The van der Waals surface area contributed by atoms with Gasteiger partial charge >= 0.3 is 0 Å². The summed E-state index contributed by atoms with van der Waals surface area (Å²) < 4.78 is 0. The van der Waals surface area contributed by atoms with E-state index in [1.807, 2.05) is 12.4 Å². The summed E-state index contributed by atoms with van der Waals surface area (Å²) in [5, 5.41) is 2.43. The zero-order valence-electron chi connectivity index (χ0n) is 8.62. The van der Waals surface area contributed by atoms with E-state index in [4.69, 9.17) is 0 Å². The predicted molar refractivity (Wildman–Crippen MR) is 60.1 cm³/mol. The summed E-state index contributed by atoms with van der Waals surface area (Å²) in [6, 6.07) is 8.33. The van der Waals surface area contributed by atoms with Crippen molar-refractivity contribution >= 4 is 10.8 Å². The van der Waals surface area contributed by atoms with Gasteiger partial charge in [-0.15, -0.1) is 0 Å². The highest BCUT2D eigenvalue weighted by molar-refractivity contribution is 5.85. The number of hydrogen-bond acceptors (Lipinski definition) is 1. The van der Waals surface area contributed by atoms with Crippen LogP contribution in [0.3, 0.4) is 0 Å². The molecule has 0 bridgehead atoms. The Labute approximate surface area is 84.8 Å². The van der Waals surface area contributed by atoms with Crippen molar-refractivity contribution in [3.05, 3.63) is 49.1 Å². The second-order valence-electron chi connectivity index (χ2n) is 4.29. The van der Waals surface area contributed by atoms with Gasteiger partial charge in [0.1, 0.15) is 5.41 Å². The molecule has 1 heteroatoms. The van der Waals surface area contributed by atoms with Gasteiger partial charge in [-0.1, -0.05) is 18.2 Å². The first-order chi connectivity index (χ1) is 6.59. The van der Waals surface area contributed by atoms with Gasteiger partial charge in [-0.3, -0.25) is 4.98 Å². The first-order valence-corrected chi connectivity index (χ1v) is 4.77. The predicted octanol–water partition coefficient (Wildman–Crippen LogP) is 3.35. The van der Waals surface area contributed by atoms with Crippen LogP contribution < -0.4 is 0 Å². The summed E-state index contributed by atoms with van der Waals surface area (Å²) in [6.45, 7) is 8.42. The molecule has 14 heavy (non-hydrogen) atoms. The normalized spacial score (nSPS) is 11.9. The number of rotatable bonds is 1. The molecule has 70 valence electrons. The fraction of sp³-hybridized carbons (Fsp3) is 0.231. The van der Waals surface area contributed by atoms with Gasteiger partial charge < -0.3 is 0 Å². The van der Waals surface area contributed by atoms with Gasteiger partial charge in [-0.25, -0.2) is 0 Å². The average molecular weight is 184 g/mol. The molecule has 2 rings (SSSR count). The van der Waals surface area contributed by atoms with E-state index in [-0.39, 0.29) is 5.41 Å². The van der Waals surface area contributed by atoms with E-state index in [1.54, 1.807) is 0 Å². The molecule has 0 radical (unpaired) electrons. The summed E-state index contributed by atoms with van der Waals surface area (Å²) >= 11 is 0. The van der Waals surface area contributed by atoms with Gasteiger partial charge in [0.05, 0.1) is 6.92 Å². The fourth-order valence-electron chi connectivity index (χ4n) is 1.71. The van der Waals surface area contributed by atoms with Crippen LogP contribution in [0.5, 0.6) is 0 Å². The van der Waals surface area contributed by atoms with E-state index in [9.17, 15) is 0 Å². The maximum Gasteiger partial charge on any atom is 0.125 e. The average Bonchev–Trinajstić information content (AvgIpc) is 2.15. The highest BCUT2D eigenvalue weighted by Gasteiger charge is 2.23. The molecule has 0 unspecified atom stereocenters. The fourth-order valence-corrected chi connectivity index (χ4v) is 1.71. The van der Waals surface area contributed by atoms with Crippen LogP contribution in [0.1, 0.15) is 19.4 Å². The molecule has 1 aromatic carbocycles. The van der Waals surface area contributed by atoms with Gasteiger partial charge in [0.15, 0.2) is 0 Å². The van der Waals surface area contributed by atoms with Gasteiger partial charge in [0.25, 0.3) is 0 Å². The third-order valence-corrected chi connectivity index (χ3v) is 2.41. The van der Waals surface area contributed by atoms with E-state index in [1.165, 1.54) is 16.3 Å². The number of pyridine rings is 1. The second-order valence-corrected chi connectivity index (χ2v) is 4.29. The zero-order chi connectivity index (χ0) is 10.2. The lowest BCUT2D eigenvalue weighted by atomic mass is 9.84. The van der Waals surface area contributed by atoms with Crippen molar-refractivity contribution in [2.45, 2.75) is 19.3 Å². The molecule has 0 atom stereocenters. The van der Waals surface area contributed by atoms with Gasteiger partial charge in [0, 0.05) is 23.3 Å². The molecule has 0 aliphatic heterocycles. The lowest BCUT2D eigenvalue weighted by molar-refractivity contribution is 0.671. The molecule has 0 fully saturated rings. The molecular weight excluding hydrogens is 170 g/mol. The van der Waals surface area contributed by atoms with Gasteiger partial charge in [-0.2, -0.15) is 0 Å². The van der Waals surface area contributed by atoms with Gasteiger partial charge in [0.2, 0.25) is 0 Å². The lowest BCUT2D eigenvalue weighted by Gasteiger charge is -2.14. The first-order valence-electron chi connectivity index (χ1n) is 4.77. The Kier molecular flexibility index (Phi) is 1.95. The van der Waals surface area contributed by atoms with Crippen molar-refractivity contribution < 1.29 is 0 Å². The summed E-state index contributed by atoms with van der Waals surface area (Å²) in [6.07, 6.45) is 3.72. The Morgan fingerprint density at radius 3 is 2.71 bits per heavy atom. The molecule has 1 heterocycles. The smallest absolute Gasteiger partial charge is 0.125 e. The summed E-state index contributed by atoms with van der Waals surface area (Å²) in [5.41, 5.74) is 1.22. The standard InChI is InChI=1S/C13H14N/c1-13(2,3)12-6-4-5-10-9-14-8-7-11(10)12/h4-9H,1H2,2-3H3/q+1. The van der Waals surface area contributed by atoms with Crippen molar-refractivity contribution in [2.75, 3.05) is 0 Å². The van der Waals surface area contributed by atoms with E-state index in [2.05, 4.69) is 50.0 Å². The third-order valence-electron chi connectivity index (χ3n) is 2.41. The lowest BCUT2D eigenvalue weighted by Crippen LogP contribution is -2.11. The van der Waals surface area contributed by atoms with E-state index in [0.717, 1.165) is 0 Å². The van der Waals surface area contributed by atoms with Crippen LogP contribution >= 0.6 is 0 Å². The molecule has 0 spiro atoms. The van der Waals surface area contributed by atoms with Crippen LogP contribution in [0.4, 0.5) is 0 Å². The quantitative estimate of drug-likeness (QED) is 0.619. The monoisotopic (exact) mass is 184 g/mol. The Hall–Kier alpha value is -1.50. The summed E-state index contributed by atoms with van der Waals surface area (Å²) in [4.78, 5) is 4.12. The zero-order valence-corrected chi connectivity index (χ0v) is 8.62. The van der Waals surface area contributed by atoms with Crippen LogP contribution in [-0.2, 0) is 5.41 Å². The van der Waals surface area contributed by atoms with Crippen LogP contribution in [0.25, 0.3) is 10.8 Å². The maximum atomic E-state index is 4.17. The minimum atomic E-state index is -0.0547. The van der Waals surface area contributed by atoms with E-state index in [0.29, 0.717) is 0 Å². The Morgan fingerprint density at radius 1 is 1.21 bits per heavy atom. The van der Waals surface area contributed by atoms with Crippen molar-refractivity contribution in [3.8, 4) is 0 Å². The minimum Gasteiger partial charge on any atom is -0.264 e. The number of fused-ring (bicyclic) bond motifs is 1. The van der Waals surface area contributed by atoms with Crippen molar-refractivity contribution in [1.82, 2.24) is 4.98 Å². The number of nitrogens with zero attached hydrogens (tertiary/aromatic N) is 1. The van der Waals surface area contributed by atoms with Crippen molar-refractivity contribution in [1.29, 1.82) is 0 Å². The van der Waals surface area contributed by atoms with Crippen LogP contribution in [0.15, 0.2) is 36.7 Å². The third kappa shape index (κ3) is 1.46. The van der Waals surface area contributed by atoms with Crippen LogP contribution in [0.2, 0.25) is 0 Å². The largest absolute Gasteiger partial charge is 0.264 e. The van der Waals surface area contributed by atoms with Crippen LogP contribution in [-0.4, -0.2) is 4.98 Å². The van der Waals surface area contributed by atoms with E-state index < -0.39 is 0 Å². The topological polar surface area (TPSA) is 12.9 Å². The van der Waals surface area contributed by atoms with E-state index >= 15 is 0 Å². The summed E-state index contributed by atoms with van der Waals surface area (Å²) in [7, 11) is 0. The van der Waals surface area contributed by atoms with Crippen molar-refractivity contribution in [3.63, 3.8) is 0 Å². The summed E-state index contributed by atoms with van der Waals surface area (Å²) in [5.74, 6) is 0. The highest BCUT2D eigenvalue weighted by Crippen LogP contribution is 2.28. The molecule has 0 aliphatic carbocycles. The Bertz CT molecular complexity index is 447. The maximum absolute atomic E-state index is 4.17. The molecule has 0 aliphatic rings. The molecule has 0 saturated heterocycles. The second kappa shape index (κ2) is 3.02. The minimum absolute atomic E-state index is 0.0547. The Balaban J connectivity index is 2.78. The number of aromatic nitrogens is 1. The Morgan fingerprint density at radius 2 is 2.00 bits per heavy atom. The molecule has 0 N–H and O–H groups in total. The molecule has 0 amide bonds. The SMILES string of the molecule is [CH2+]C(C)(C)c1cccc2cnccc12. The molecule has 2 aromatic rings. The molecule has 1 nitrogen and oxygen atoms in total. The van der Waals surface area contributed by atoms with Crippen LogP contribution in [0, 0.1) is 6.92 Å². The van der Waals surface area contributed by atoms with Gasteiger partial charge in [-0.05, 0) is 25.3 Å². The molecule has 0 saturated carbocycles. The number of hydrogen-bond donors (Lipinski definition) is 0.